The van der Waals surface area contributed by atoms with Gasteiger partial charge >= 0.3 is 0 Å². The molecule has 1 unspecified atom stereocenters. The third kappa shape index (κ3) is 4.19. The van der Waals surface area contributed by atoms with Crippen LogP contribution in [0.5, 0.6) is 0 Å². The van der Waals surface area contributed by atoms with Gasteiger partial charge in [-0.2, -0.15) is 0 Å². The fourth-order valence-corrected chi connectivity index (χ4v) is 4.62. The van der Waals surface area contributed by atoms with Crippen molar-refractivity contribution in [3.05, 3.63) is 70.6 Å². The lowest BCUT2D eigenvalue weighted by atomic mass is 10.1. The molecule has 0 bridgehead atoms. The monoisotopic (exact) mass is 448 g/mol. The number of fused-ring (bicyclic) bond motifs is 1. The van der Waals surface area contributed by atoms with Crippen molar-refractivity contribution in [1.82, 2.24) is 34.8 Å². The number of likely N-dealkylation sites (N-methyl/N-ethyl adjacent to an activating group) is 1. The van der Waals surface area contributed by atoms with Crippen LogP contribution in [0.25, 0.3) is 5.65 Å². The van der Waals surface area contributed by atoms with Gasteiger partial charge in [-0.05, 0) is 43.1 Å². The predicted octanol–water partition coefficient (Wildman–Crippen LogP) is 2.05. The second-order valence-corrected chi connectivity index (χ2v) is 8.81. The van der Waals surface area contributed by atoms with Crippen molar-refractivity contribution in [3.8, 4) is 0 Å². The van der Waals surface area contributed by atoms with Gasteiger partial charge in [0.25, 0.3) is 5.91 Å². The third-order valence-electron chi connectivity index (χ3n) is 5.71. The number of nitrogens with zero attached hydrogens (tertiary/aromatic N) is 7. The first-order valence-electron chi connectivity index (χ1n) is 10.6. The van der Waals surface area contributed by atoms with E-state index in [-0.39, 0.29) is 11.9 Å². The Morgan fingerprint density at radius 3 is 2.84 bits per heavy atom. The van der Waals surface area contributed by atoms with Crippen molar-refractivity contribution in [2.24, 2.45) is 0 Å². The molecule has 1 aliphatic heterocycles. The molecule has 1 atom stereocenters. The lowest BCUT2D eigenvalue weighted by molar-refractivity contribution is 0.0953. The highest BCUT2D eigenvalue weighted by atomic mass is 32.1. The standard InChI is InChI=1S/C22H24N8OS/c1-28-11-12-29(22-24-8-3-9-25-22)15-18(28)20-27-26-19-6-5-16(14-30(19)20)21(31)23-10-7-17-4-2-13-32-17/h2-6,8-9,13-14,18H,7,10-12,15H2,1H3,(H,23,31). The van der Waals surface area contributed by atoms with Crippen LogP contribution >= 0.6 is 11.3 Å². The number of carbonyl (C=O) groups excluding carboxylic acids is 1. The molecule has 0 saturated carbocycles. The van der Waals surface area contributed by atoms with Gasteiger partial charge in [-0.1, -0.05) is 6.07 Å². The fraction of sp³-hybridized carbons (Fsp3) is 0.318. The Bertz CT molecular complexity index is 1190. The molecule has 9 nitrogen and oxygen atoms in total. The number of carbonyl (C=O) groups is 1. The van der Waals surface area contributed by atoms with Gasteiger partial charge in [0.05, 0.1) is 11.6 Å². The molecule has 164 valence electrons. The van der Waals surface area contributed by atoms with Crippen LogP contribution in [0.3, 0.4) is 0 Å². The largest absolute Gasteiger partial charge is 0.352 e. The van der Waals surface area contributed by atoms with Crippen LogP contribution in [0, 0.1) is 0 Å². The number of amides is 1. The number of anilines is 1. The first kappa shape index (κ1) is 20.5. The average Bonchev–Trinajstić information content (AvgIpc) is 3.49. The van der Waals surface area contributed by atoms with E-state index < -0.39 is 0 Å². The Labute approximate surface area is 189 Å². The number of nitrogens with one attached hydrogen (secondary N) is 1. The molecule has 1 aliphatic rings. The molecule has 1 saturated heterocycles. The molecule has 0 spiro atoms. The second kappa shape index (κ2) is 9.01. The number of rotatable bonds is 6. The molecule has 32 heavy (non-hydrogen) atoms. The molecule has 0 aliphatic carbocycles. The molecule has 1 amide bonds. The van der Waals surface area contributed by atoms with Crippen molar-refractivity contribution in [2.75, 3.05) is 38.1 Å². The number of piperazine rings is 1. The topological polar surface area (TPSA) is 91.6 Å². The molecule has 1 N–H and O–H groups in total. The summed E-state index contributed by atoms with van der Waals surface area (Å²) < 4.78 is 1.92. The molecule has 0 radical (unpaired) electrons. The first-order chi connectivity index (χ1) is 15.7. The molecule has 4 aromatic rings. The zero-order valence-corrected chi connectivity index (χ0v) is 18.6. The molecule has 10 heteroatoms. The van der Waals surface area contributed by atoms with E-state index in [0.29, 0.717) is 24.6 Å². The van der Waals surface area contributed by atoms with E-state index >= 15 is 0 Å². The minimum atomic E-state index is -0.0978. The Morgan fingerprint density at radius 2 is 2.03 bits per heavy atom. The SMILES string of the molecule is CN1CCN(c2ncccn2)CC1c1nnc2ccc(C(=O)NCCc3cccs3)cn12. The maximum Gasteiger partial charge on any atom is 0.252 e. The van der Waals surface area contributed by atoms with Gasteiger partial charge in [0.1, 0.15) is 0 Å². The molecular formula is C22H24N8OS. The highest BCUT2D eigenvalue weighted by molar-refractivity contribution is 7.09. The minimum Gasteiger partial charge on any atom is -0.352 e. The van der Waals surface area contributed by atoms with Crippen LogP contribution in [0.2, 0.25) is 0 Å². The van der Waals surface area contributed by atoms with Crippen LogP contribution < -0.4 is 10.2 Å². The summed E-state index contributed by atoms with van der Waals surface area (Å²) in [6, 6.07) is 9.55. The second-order valence-electron chi connectivity index (χ2n) is 7.78. The van der Waals surface area contributed by atoms with Gasteiger partial charge in [0.15, 0.2) is 11.5 Å². The predicted molar refractivity (Wildman–Crippen MR) is 123 cm³/mol. The van der Waals surface area contributed by atoms with Crippen LogP contribution in [0.15, 0.2) is 54.3 Å². The Hall–Kier alpha value is -3.37. The van der Waals surface area contributed by atoms with E-state index in [1.807, 2.05) is 34.2 Å². The van der Waals surface area contributed by atoms with Gasteiger partial charge in [0, 0.05) is 49.6 Å². The van der Waals surface area contributed by atoms with Gasteiger partial charge in [-0.15, -0.1) is 21.5 Å². The lowest BCUT2D eigenvalue weighted by Gasteiger charge is -2.38. The lowest BCUT2D eigenvalue weighted by Crippen LogP contribution is -2.47. The van der Waals surface area contributed by atoms with Crippen LogP contribution in [0.4, 0.5) is 5.95 Å². The maximum absolute atomic E-state index is 12.7. The fourth-order valence-electron chi connectivity index (χ4n) is 3.91. The number of pyridine rings is 1. The summed E-state index contributed by atoms with van der Waals surface area (Å²) in [7, 11) is 2.08. The van der Waals surface area contributed by atoms with E-state index in [1.165, 1.54) is 4.88 Å². The van der Waals surface area contributed by atoms with Crippen LogP contribution in [-0.2, 0) is 6.42 Å². The van der Waals surface area contributed by atoms with Crippen LogP contribution in [0.1, 0.15) is 27.1 Å². The summed E-state index contributed by atoms with van der Waals surface area (Å²) in [5.74, 6) is 1.42. The summed E-state index contributed by atoms with van der Waals surface area (Å²) in [4.78, 5) is 27.2. The number of hydrogen-bond acceptors (Lipinski definition) is 8. The average molecular weight is 449 g/mol. The van der Waals surface area contributed by atoms with E-state index in [9.17, 15) is 4.79 Å². The summed E-state index contributed by atoms with van der Waals surface area (Å²) in [6.45, 7) is 2.98. The van der Waals surface area contributed by atoms with Crippen molar-refractivity contribution in [2.45, 2.75) is 12.5 Å². The smallest absolute Gasteiger partial charge is 0.252 e. The highest BCUT2D eigenvalue weighted by Crippen LogP contribution is 2.25. The van der Waals surface area contributed by atoms with Crippen LogP contribution in [-0.4, -0.2) is 68.6 Å². The molecule has 5 rings (SSSR count). The van der Waals surface area contributed by atoms with E-state index in [2.05, 4.69) is 48.4 Å². The molecule has 4 aromatic heterocycles. The summed E-state index contributed by atoms with van der Waals surface area (Å²) in [6.07, 6.45) is 6.17. The quantitative estimate of drug-likeness (QED) is 0.483. The number of hydrogen-bond donors (Lipinski definition) is 1. The normalized spacial score (nSPS) is 17.0. The molecule has 0 aromatic carbocycles. The minimum absolute atomic E-state index is 0.000282. The highest BCUT2D eigenvalue weighted by Gasteiger charge is 2.30. The maximum atomic E-state index is 12.7. The van der Waals surface area contributed by atoms with E-state index in [0.717, 1.165) is 31.0 Å². The molecule has 5 heterocycles. The summed E-state index contributed by atoms with van der Waals surface area (Å²) in [5, 5.41) is 13.9. The van der Waals surface area contributed by atoms with E-state index in [4.69, 9.17) is 0 Å². The summed E-state index contributed by atoms with van der Waals surface area (Å²) in [5.41, 5.74) is 1.31. The van der Waals surface area contributed by atoms with Gasteiger partial charge in [-0.25, -0.2) is 9.97 Å². The van der Waals surface area contributed by atoms with Gasteiger partial charge in [-0.3, -0.25) is 14.1 Å². The number of aromatic nitrogens is 5. The Morgan fingerprint density at radius 1 is 1.16 bits per heavy atom. The molecule has 1 fully saturated rings. The van der Waals surface area contributed by atoms with Crippen molar-refractivity contribution in [1.29, 1.82) is 0 Å². The van der Waals surface area contributed by atoms with Crippen molar-refractivity contribution >= 4 is 28.8 Å². The molecular weight excluding hydrogens is 424 g/mol. The zero-order chi connectivity index (χ0) is 21.9. The third-order valence-corrected chi connectivity index (χ3v) is 6.65. The van der Waals surface area contributed by atoms with Crippen molar-refractivity contribution in [3.63, 3.8) is 0 Å². The van der Waals surface area contributed by atoms with Gasteiger partial charge in [0.2, 0.25) is 5.95 Å². The van der Waals surface area contributed by atoms with Crippen molar-refractivity contribution < 1.29 is 4.79 Å². The number of thiophene rings is 1. The van der Waals surface area contributed by atoms with E-state index in [1.54, 1.807) is 29.8 Å². The summed E-state index contributed by atoms with van der Waals surface area (Å²) >= 11 is 1.70. The Kier molecular flexibility index (Phi) is 5.78. The Balaban J connectivity index is 1.35. The zero-order valence-electron chi connectivity index (χ0n) is 17.8. The first-order valence-corrected chi connectivity index (χ1v) is 11.4. The van der Waals surface area contributed by atoms with Gasteiger partial charge < -0.3 is 10.2 Å².